The van der Waals surface area contributed by atoms with E-state index in [2.05, 4.69) is 41.6 Å². The summed E-state index contributed by atoms with van der Waals surface area (Å²) < 4.78 is 1.95. The van der Waals surface area contributed by atoms with Crippen molar-refractivity contribution in [1.29, 1.82) is 0 Å². The van der Waals surface area contributed by atoms with Gasteiger partial charge in [0.05, 0.1) is 18.1 Å². The van der Waals surface area contributed by atoms with Crippen molar-refractivity contribution >= 4 is 11.6 Å². The van der Waals surface area contributed by atoms with Crippen LogP contribution in [0.3, 0.4) is 0 Å². The minimum absolute atomic E-state index is 0.0802. The molecule has 0 unspecified atom stereocenters. The van der Waals surface area contributed by atoms with Gasteiger partial charge in [-0.3, -0.25) is 4.79 Å². The molecule has 138 valence electrons. The van der Waals surface area contributed by atoms with E-state index in [-0.39, 0.29) is 16.7 Å². The Morgan fingerprint density at radius 2 is 2.08 bits per heavy atom. The first kappa shape index (κ1) is 16.3. The van der Waals surface area contributed by atoms with Crippen molar-refractivity contribution in [3.8, 4) is 0 Å². The summed E-state index contributed by atoms with van der Waals surface area (Å²) in [6, 6.07) is 0. The fourth-order valence-corrected chi connectivity index (χ4v) is 6.61. The van der Waals surface area contributed by atoms with Crippen LogP contribution in [-0.4, -0.2) is 27.4 Å². The molecule has 2 saturated carbocycles. The Morgan fingerprint density at radius 1 is 1.19 bits per heavy atom. The van der Waals surface area contributed by atoms with Gasteiger partial charge in [0.1, 0.15) is 0 Å². The van der Waals surface area contributed by atoms with Crippen molar-refractivity contribution in [1.82, 2.24) is 20.3 Å². The zero-order valence-corrected chi connectivity index (χ0v) is 15.7. The van der Waals surface area contributed by atoms with Crippen LogP contribution in [0, 0.1) is 28.6 Å². The SMILES string of the molecule is C[C@]12CC[C@H]3[C@@H](CC[C@H]4CNC(=O)CC[C@@]43C)C1=CC=C2n1ccnn1. The number of carbonyl (C=O) groups excluding carboxylic acids is 1. The van der Waals surface area contributed by atoms with Gasteiger partial charge in [0.15, 0.2) is 0 Å². The average Bonchev–Trinajstić information content (AvgIpc) is 3.22. The zero-order valence-electron chi connectivity index (χ0n) is 15.7. The van der Waals surface area contributed by atoms with E-state index >= 15 is 0 Å². The van der Waals surface area contributed by atoms with E-state index in [1.54, 1.807) is 11.8 Å². The fraction of sp³-hybridized carbons (Fsp3) is 0.667. The zero-order chi connectivity index (χ0) is 17.9. The molecule has 1 saturated heterocycles. The summed E-state index contributed by atoms with van der Waals surface area (Å²) in [5.74, 6) is 2.20. The van der Waals surface area contributed by atoms with Crippen LogP contribution in [0.25, 0.3) is 5.70 Å². The molecule has 1 aliphatic heterocycles. The van der Waals surface area contributed by atoms with Crippen molar-refractivity contribution < 1.29 is 4.79 Å². The molecule has 3 aliphatic carbocycles. The summed E-state index contributed by atoms with van der Waals surface area (Å²) in [5.41, 5.74) is 3.23. The molecule has 2 heterocycles. The quantitative estimate of drug-likeness (QED) is 0.842. The maximum atomic E-state index is 12.0. The van der Waals surface area contributed by atoms with E-state index in [1.807, 2.05) is 10.9 Å². The Kier molecular flexibility index (Phi) is 3.47. The summed E-state index contributed by atoms with van der Waals surface area (Å²) in [5, 5.41) is 11.4. The standard InChI is InChI=1S/C21H28N4O/c1-20-10-8-19(26)22-13-14(20)3-4-15-16-5-6-18(25-12-11-23-24-25)21(16,2)9-7-17(15)20/h5-6,11-12,14-15,17H,3-4,7-10,13H2,1-2H3,(H,22,26)/t14-,15-,17-,20-,21-/m0/s1. The predicted molar refractivity (Wildman–Crippen MR) is 99.8 cm³/mol. The van der Waals surface area contributed by atoms with E-state index in [9.17, 15) is 4.79 Å². The number of hydrogen-bond acceptors (Lipinski definition) is 3. The number of nitrogens with zero attached hydrogens (tertiary/aromatic N) is 3. The highest BCUT2D eigenvalue weighted by Gasteiger charge is 2.56. The van der Waals surface area contributed by atoms with Gasteiger partial charge in [-0.15, -0.1) is 5.10 Å². The van der Waals surface area contributed by atoms with Crippen LogP contribution in [0.1, 0.15) is 52.4 Å². The molecular weight excluding hydrogens is 324 g/mol. The topological polar surface area (TPSA) is 59.8 Å². The first-order chi connectivity index (χ1) is 12.5. The highest BCUT2D eigenvalue weighted by atomic mass is 16.1. The first-order valence-corrected chi connectivity index (χ1v) is 10.1. The molecular formula is C21H28N4O. The molecule has 5 heteroatoms. The van der Waals surface area contributed by atoms with Crippen molar-refractivity contribution in [3.63, 3.8) is 0 Å². The molecule has 1 aromatic rings. The van der Waals surface area contributed by atoms with Crippen LogP contribution in [0.2, 0.25) is 0 Å². The summed E-state index contributed by atoms with van der Waals surface area (Å²) in [6.45, 7) is 5.73. The normalized spacial score (nSPS) is 41.9. The molecule has 0 spiro atoms. The van der Waals surface area contributed by atoms with Gasteiger partial charge in [-0.05, 0) is 61.3 Å². The van der Waals surface area contributed by atoms with Crippen LogP contribution in [0.15, 0.2) is 30.1 Å². The Balaban J connectivity index is 1.47. The molecule has 0 bridgehead atoms. The highest BCUT2D eigenvalue weighted by molar-refractivity contribution is 5.76. The molecule has 5 rings (SSSR count). The van der Waals surface area contributed by atoms with Gasteiger partial charge in [0.2, 0.25) is 5.91 Å². The van der Waals surface area contributed by atoms with Gasteiger partial charge in [0.25, 0.3) is 0 Å². The van der Waals surface area contributed by atoms with E-state index in [4.69, 9.17) is 0 Å². The van der Waals surface area contributed by atoms with Crippen LogP contribution in [-0.2, 0) is 4.79 Å². The number of fused-ring (bicyclic) bond motifs is 5. The van der Waals surface area contributed by atoms with E-state index in [0.717, 1.165) is 19.4 Å². The molecule has 1 amide bonds. The number of hydrogen-bond donors (Lipinski definition) is 1. The Morgan fingerprint density at radius 3 is 2.88 bits per heavy atom. The first-order valence-electron chi connectivity index (χ1n) is 10.1. The van der Waals surface area contributed by atoms with Crippen molar-refractivity contribution in [3.05, 3.63) is 30.1 Å². The van der Waals surface area contributed by atoms with Crippen molar-refractivity contribution in [2.75, 3.05) is 6.54 Å². The van der Waals surface area contributed by atoms with Crippen molar-refractivity contribution in [2.24, 2.45) is 28.6 Å². The molecule has 0 aromatic carbocycles. The van der Waals surface area contributed by atoms with Gasteiger partial charge in [-0.1, -0.05) is 30.7 Å². The van der Waals surface area contributed by atoms with Crippen LogP contribution >= 0.6 is 0 Å². The highest BCUT2D eigenvalue weighted by Crippen LogP contribution is 2.64. The number of rotatable bonds is 1. The number of allylic oxidation sites excluding steroid dienone is 4. The molecule has 1 aromatic heterocycles. The van der Waals surface area contributed by atoms with Crippen molar-refractivity contribution in [2.45, 2.75) is 52.4 Å². The van der Waals surface area contributed by atoms with Crippen LogP contribution in [0.5, 0.6) is 0 Å². The Hall–Kier alpha value is -1.91. The number of nitrogens with one attached hydrogen (secondary N) is 1. The Bertz CT molecular complexity index is 795. The second kappa shape index (κ2) is 5.54. The minimum Gasteiger partial charge on any atom is -0.356 e. The third-order valence-electron chi connectivity index (χ3n) is 8.18. The lowest BCUT2D eigenvalue weighted by atomic mass is 9.48. The average molecular weight is 352 g/mol. The van der Waals surface area contributed by atoms with E-state index in [0.29, 0.717) is 24.2 Å². The van der Waals surface area contributed by atoms with Crippen LogP contribution in [0.4, 0.5) is 0 Å². The lowest BCUT2D eigenvalue weighted by Gasteiger charge is -2.56. The van der Waals surface area contributed by atoms with Gasteiger partial charge in [-0.25, -0.2) is 4.68 Å². The number of carbonyl (C=O) groups is 1. The van der Waals surface area contributed by atoms with E-state index in [1.165, 1.54) is 25.0 Å². The molecule has 0 radical (unpaired) electrons. The van der Waals surface area contributed by atoms with Crippen LogP contribution < -0.4 is 5.32 Å². The third kappa shape index (κ3) is 2.12. The molecule has 26 heavy (non-hydrogen) atoms. The number of amides is 1. The smallest absolute Gasteiger partial charge is 0.220 e. The second-order valence-electron chi connectivity index (χ2n) is 9.19. The molecule has 5 atom stereocenters. The van der Waals surface area contributed by atoms with Gasteiger partial charge in [-0.2, -0.15) is 0 Å². The summed E-state index contributed by atoms with van der Waals surface area (Å²) in [7, 11) is 0. The Labute approximate surface area is 154 Å². The molecule has 3 fully saturated rings. The third-order valence-corrected chi connectivity index (χ3v) is 8.18. The largest absolute Gasteiger partial charge is 0.356 e. The fourth-order valence-electron chi connectivity index (χ4n) is 6.61. The summed E-state index contributed by atoms with van der Waals surface area (Å²) >= 11 is 0. The number of aromatic nitrogens is 3. The predicted octanol–water partition coefficient (Wildman–Crippen LogP) is 3.42. The van der Waals surface area contributed by atoms with Gasteiger partial charge < -0.3 is 5.32 Å². The lowest BCUT2D eigenvalue weighted by molar-refractivity contribution is -0.121. The lowest BCUT2D eigenvalue weighted by Crippen LogP contribution is -2.50. The maximum absolute atomic E-state index is 12.0. The molecule has 5 nitrogen and oxygen atoms in total. The second-order valence-corrected chi connectivity index (χ2v) is 9.19. The molecule has 4 aliphatic rings. The summed E-state index contributed by atoms with van der Waals surface area (Å²) in [4.78, 5) is 12.0. The van der Waals surface area contributed by atoms with Gasteiger partial charge >= 0.3 is 0 Å². The van der Waals surface area contributed by atoms with Gasteiger partial charge in [0, 0.05) is 18.4 Å². The minimum atomic E-state index is 0.0802. The molecule has 1 N–H and O–H groups in total. The monoisotopic (exact) mass is 352 g/mol. The summed E-state index contributed by atoms with van der Waals surface area (Å²) in [6.07, 6.45) is 15.0. The maximum Gasteiger partial charge on any atom is 0.220 e. The van der Waals surface area contributed by atoms with E-state index < -0.39 is 0 Å².